The van der Waals surface area contributed by atoms with Crippen molar-refractivity contribution in [2.75, 3.05) is 22.5 Å². The van der Waals surface area contributed by atoms with Gasteiger partial charge in [0.1, 0.15) is 22.9 Å². The Hall–Kier alpha value is -4.90. The summed E-state index contributed by atoms with van der Waals surface area (Å²) in [4.78, 5) is 61.2. The van der Waals surface area contributed by atoms with E-state index in [4.69, 9.17) is 15.6 Å². The molecule has 0 aliphatic carbocycles. The first-order valence-corrected chi connectivity index (χ1v) is 13.8. The topological polar surface area (TPSA) is 197 Å². The highest BCUT2D eigenvalue weighted by Gasteiger charge is 2.50. The van der Waals surface area contributed by atoms with Gasteiger partial charge in [0, 0.05) is 29.6 Å². The molecule has 0 unspecified atom stereocenters. The number of carbonyl (C=O) groups excluding carboxylic acids is 4. The Morgan fingerprint density at radius 2 is 1.84 bits per heavy atom. The summed E-state index contributed by atoms with van der Waals surface area (Å²) in [6.45, 7) is 0.386. The molecule has 4 heterocycles. The van der Waals surface area contributed by atoms with Crippen LogP contribution in [0.4, 0.5) is 24.5 Å². The predicted octanol–water partition coefficient (Wildman–Crippen LogP) is -0.139. The summed E-state index contributed by atoms with van der Waals surface area (Å²) in [5.74, 6) is -4.88. The second kappa shape index (κ2) is 12.8. The number of nitrogens with zero attached hydrogens (tertiary/aromatic N) is 3. The predicted molar refractivity (Wildman–Crippen MR) is 145 cm³/mol. The summed E-state index contributed by atoms with van der Waals surface area (Å²) in [5.41, 5.74) is 7.45. The van der Waals surface area contributed by atoms with Crippen LogP contribution in [0.3, 0.4) is 0 Å². The molecule has 1 aromatic carbocycles. The van der Waals surface area contributed by atoms with E-state index >= 15 is 0 Å². The number of alkyl halides is 3. The number of carboxylic acids is 2. The molecule has 44 heavy (non-hydrogen) atoms. The van der Waals surface area contributed by atoms with Crippen LogP contribution in [0.15, 0.2) is 71.7 Å². The molecule has 3 aliphatic rings. The number of aromatic hydroxyl groups is 1. The number of fused-ring (bicyclic) bond motifs is 1. The molecule has 3 aliphatic heterocycles. The number of halogens is 3. The minimum Gasteiger partial charge on any atom is -0.543 e. The van der Waals surface area contributed by atoms with Crippen molar-refractivity contribution in [3.8, 4) is 5.75 Å². The first-order chi connectivity index (χ1) is 20.7. The van der Waals surface area contributed by atoms with E-state index in [1.807, 2.05) is 0 Å². The number of pyridine rings is 1. The lowest BCUT2D eigenvalue weighted by atomic mass is 10.0. The fourth-order valence-electron chi connectivity index (χ4n) is 4.52. The molecule has 17 heteroatoms. The van der Waals surface area contributed by atoms with Crippen LogP contribution in [-0.4, -0.2) is 74.7 Å². The largest absolute Gasteiger partial charge is 0.543 e. The van der Waals surface area contributed by atoms with Crippen LogP contribution in [0.2, 0.25) is 0 Å². The lowest BCUT2D eigenvalue weighted by Crippen LogP contribution is -2.69. The van der Waals surface area contributed by atoms with Gasteiger partial charge in [0.05, 0.1) is 11.7 Å². The zero-order valence-corrected chi connectivity index (χ0v) is 23.3. The second-order valence-electron chi connectivity index (χ2n) is 9.61. The molecule has 3 amide bonds. The zero-order chi connectivity index (χ0) is 32.3. The highest BCUT2D eigenvalue weighted by Crippen LogP contribution is 2.40. The third kappa shape index (κ3) is 7.00. The molecule has 0 bridgehead atoms. The van der Waals surface area contributed by atoms with Crippen LogP contribution >= 0.6 is 11.8 Å². The van der Waals surface area contributed by atoms with E-state index in [1.165, 1.54) is 30.0 Å². The van der Waals surface area contributed by atoms with Gasteiger partial charge in [-0.15, -0.1) is 11.8 Å². The zero-order valence-electron chi connectivity index (χ0n) is 22.5. The highest BCUT2D eigenvalue weighted by molar-refractivity contribution is 8.00. The number of anilines is 2. The summed E-state index contributed by atoms with van der Waals surface area (Å²) >= 11 is 1.35. The average molecular weight is 636 g/mol. The van der Waals surface area contributed by atoms with Gasteiger partial charge in [-0.05, 0) is 48.4 Å². The molecule has 13 nitrogen and oxygen atoms in total. The van der Waals surface area contributed by atoms with E-state index in [0.717, 1.165) is 4.90 Å². The third-order valence-electron chi connectivity index (χ3n) is 6.58. The summed E-state index contributed by atoms with van der Waals surface area (Å²) in [6, 6.07) is 8.85. The number of aliphatic carboxylic acids is 2. The fraction of sp³-hybridized carbons (Fsp3) is 0.259. The van der Waals surface area contributed by atoms with Gasteiger partial charge in [-0.2, -0.15) is 17.7 Å². The number of phenolic OH excluding ortho intramolecular Hbond substituents is 1. The van der Waals surface area contributed by atoms with Gasteiger partial charge < -0.3 is 36.1 Å². The number of hydrogen-bond donors (Lipinski definition) is 4. The summed E-state index contributed by atoms with van der Waals surface area (Å²) in [6.07, 6.45) is 0.235. The van der Waals surface area contributed by atoms with Crippen molar-refractivity contribution >= 4 is 52.8 Å². The molecule has 1 aromatic heterocycles. The van der Waals surface area contributed by atoms with Crippen molar-refractivity contribution in [3.63, 3.8) is 0 Å². The number of nitrogens with one attached hydrogen (secondary N) is 1. The molecule has 2 saturated heterocycles. The third-order valence-corrected chi connectivity index (χ3v) is 7.90. The van der Waals surface area contributed by atoms with Crippen molar-refractivity contribution in [1.29, 1.82) is 0 Å². The molecule has 5 N–H and O–H groups in total. The normalized spacial score (nSPS) is 20.5. The number of rotatable bonds is 6. The minimum atomic E-state index is -5.08. The Morgan fingerprint density at radius 3 is 2.45 bits per heavy atom. The van der Waals surface area contributed by atoms with Crippen molar-refractivity contribution in [2.24, 2.45) is 5.73 Å². The SMILES string of the molecule is N[C@@H]1C(=O)N2C(C(=O)[O-])=C(/C=C3\CCN(c4ccc[n+](CC(=O)Nc5ccc(O)cc5)c4)C3=O)CS[C@H]12.O=C(O)C(F)(F)F. The number of amides is 3. The number of hydrogen-bond acceptors (Lipinski definition) is 9. The molecule has 0 radical (unpaired) electrons. The van der Waals surface area contributed by atoms with E-state index in [0.29, 0.717) is 41.2 Å². The number of benzene rings is 1. The van der Waals surface area contributed by atoms with Crippen molar-refractivity contribution < 1.29 is 57.0 Å². The van der Waals surface area contributed by atoms with Gasteiger partial charge in [0.2, 0.25) is 12.5 Å². The van der Waals surface area contributed by atoms with Crippen LogP contribution in [0.5, 0.6) is 5.75 Å². The van der Waals surface area contributed by atoms with Gasteiger partial charge in [-0.25, -0.2) is 4.79 Å². The number of allylic oxidation sites excluding steroid dienone is 1. The smallest absolute Gasteiger partial charge is 0.490 e. The Kier molecular flexibility index (Phi) is 9.29. The maximum absolute atomic E-state index is 13.2. The highest BCUT2D eigenvalue weighted by atomic mass is 32.2. The van der Waals surface area contributed by atoms with Crippen molar-refractivity contribution in [3.05, 3.63) is 71.7 Å². The maximum atomic E-state index is 13.2. The van der Waals surface area contributed by atoms with Gasteiger partial charge in [-0.1, -0.05) is 0 Å². The van der Waals surface area contributed by atoms with E-state index in [2.05, 4.69) is 5.32 Å². The standard InChI is InChI=1S/C25H23N5O6S.C2HF3O2/c26-20-23(34)30-21(25(35)36)15(13-37-24(20)30)10-14-7-9-29(22(14)33)17-2-1-8-28(11-17)12-19(32)27-16-3-5-18(31)6-4-16;3-2(4,5)1(6)7/h1-6,8,10-11,20,24H,7,9,12-13,26H2,(H2-,27,31,32,35,36);(H,6,7)/b14-10+;/t20-,24-;/m1./s1. The summed E-state index contributed by atoms with van der Waals surface area (Å²) in [7, 11) is 0. The van der Waals surface area contributed by atoms with E-state index in [-0.39, 0.29) is 29.8 Å². The van der Waals surface area contributed by atoms with Crippen molar-refractivity contribution in [2.45, 2.75) is 30.6 Å². The molecule has 2 aromatic rings. The van der Waals surface area contributed by atoms with Crippen LogP contribution in [-0.2, 0) is 30.5 Å². The van der Waals surface area contributed by atoms with Gasteiger partial charge >= 0.3 is 12.1 Å². The van der Waals surface area contributed by atoms with Crippen LogP contribution < -0.4 is 25.6 Å². The Labute approximate surface area is 251 Å². The number of phenols is 1. The van der Waals surface area contributed by atoms with E-state index in [9.17, 15) is 42.6 Å². The second-order valence-corrected chi connectivity index (χ2v) is 10.7. The van der Waals surface area contributed by atoms with Crippen LogP contribution in [0.25, 0.3) is 0 Å². The maximum Gasteiger partial charge on any atom is 0.490 e. The van der Waals surface area contributed by atoms with E-state index < -0.39 is 35.4 Å². The molecule has 2 atom stereocenters. The molecule has 0 saturated carbocycles. The molecule has 5 rings (SSSR count). The first kappa shape index (κ1) is 32.0. The quantitative estimate of drug-likeness (QED) is 0.144. The van der Waals surface area contributed by atoms with Gasteiger partial charge in [0.25, 0.3) is 11.8 Å². The summed E-state index contributed by atoms with van der Waals surface area (Å²) in [5, 5.41) is 30.6. The molecule has 232 valence electrons. The lowest BCUT2D eigenvalue weighted by Gasteiger charge is -2.49. The monoisotopic (exact) mass is 635 g/mol. The Balaban J connectivity index is 0.000000566. The number of thioether (sulfide) groups is 1. The lowest BCUT2D eigenvalue weighted by molar-refractivity contribution is -0.683. The molecular formula is C27H24F3N5O8S. The minimum absolute atomic E-state index is 0.00565. The van der Waals surface area contributed by atoms with Crippen LogP contribution in [0.1, 0.15) is 6.42 Å². The average Bonchev–Trinajstić information content (AvgIpc) is 3.32. The Bertz CT molecular complexity index is 1580. The number of carbonyl (C=O) groups is 5. The van der Waals surface area contributed by atoms with Crippen LogP contribution in [0, 0.1) is 0 Å². The first-order valence-electron chi connectivity index (χ1n) is 12.7. The molecule has 0 spiro atoms. The number of aromatic nitrogens is 1. The summed E-state index contributed by atoms with van der Waals surface area (Å²) < 4.78 is 33.4. The van der Waals surface area contributed by atoms with Gasteiger partial charge in [-0.3, -0.25) is 19.3 Å². The fourth-order valence-corrected chi connectivity index (χ4v) is 5.77. The number of β-lactam (4-membered cyclic amide) rings is 1. The number of nitrogens with two attached hydrogens (primary N) is 1. The Morgan fingerprint density at radius 1 is 1.18 bits per heavy atom. The molecule has 2 fully saturated rings. The number of carboxylic acid groups (broad SMARTS) is 2. The molecular weight excluding hydrogens is 611 g/mol. The van der Waals surface area contributed by atoms with Gasteiger partial charge in [0.15, 0.2) is 12.4 Å². The van der Waals surface area contributed by atoms with Crippen molar-refractivity contribution in [1.82, 2.24) is 4.90 Å². The van der Waals surface area contributed by atoms with E-state index in [1.54, 1.807) is 46.1 Å².